The van der Waals surface area contributed by atoms with Gasteiger partial charge in [-0.15, -0.1) is 0 Å². The van der Waals surface area contributed by atoms with Crippen molar-refractivity contribution in [2.75, 3.05) is 13.1 Å². The fourth-order valence-electron chi connectivity index (χ4n) is 3.89. The Hall–Kier alpha value is -3.67. The molecule has 0 aromatic heterocycles. The van der Waals surface area contributed by atoms with E-state index in [0.717, 1.165) is 5.56 Å². The predicted molar refractivity (Wildman–Crippen MR) is 130 cm³/mol. The average Bonchev–Trinajstić information content (AvgIpc) is 3.30. The zero-order chi connectivity index (χ0) is 26.0. The van der Waals surface area contributed by atoms with Crippen molar-refractivity contribution in [3.63, 3.8) is 0 Å². The Kier molecular flexibility index (Phi) is 10.5. The largest absolute Gasteiger partial charge is 0.480 e. The van der Waals surface area contributed by atoms with Crippen LogP contribution in [0, 0.1) is 0 Å². The second-order valence-electron chi connectivity index (χ2n) is 8.58. The van der Waals surface area contributed by atoms with E-state index in [4.69, 9.17) is 17.2 Å². The number of nitrogens with zero attached hydrogens (tertiary/aromatic N) is 2. The summed E-state index contributed by atoms with van der Waals surface area (Å²) in [6, 6.07) is 5.23. The van der Waals surface area contributed by atoms with E-state index in [2.05, 4.69) is 15.6 Å². The molecule has 2 rings (SSSR count). The number of carbonyl (C=O) groups is 4. The highest BCUT2D eigenvalue weighted by molar-refractivity contribution is 5.94. The highest BCUT2D eigenvalue weighted by atomic mass is 16.4. The molecule has 4 atom stereocenters. The lowest BCUT2D eigenvalue weighted by Gasteiger charge is -2.29. The van der Waals surface area contributed by atoms with Crippen LogP contribution in [0.2, 0.25) is 0 Å². The van der Waals surface area contributed by atoms with Crippen LogP contribution in [-0.2, 0) is 25.6 Å². The van der Waals surface area contributed by atoms with Gasteiger partial charge < -0.3 is 37.8 Å². The molecule has 1 aliphatic rings. The molecule has 192 valence electrons. The quantitative estimate of drug-likeness (QED) is 0.118. The molecular formula is C23H35N7O5. The van der Waals surface area contributed by atoms with Gasteiger partial charge in [0.1, 0.15) is 18.1 Å². The first kappa shape index (κ1) is 27.6. The molecular weight excluding hydrogens is 454 g/mol. The molecule has 3 amide bonds. The predicted octanol–water partition coefficient (Wildman–Crippen LogP) is -1.32. The minimum Gasteiger partial charge on any atom is -0.480 e. The Bertz CT molecular complexity index is 918. The molecule has 1 aromatic carbocycles. The minimum atomic E-state index is -1.17. The van der Waals surface area contributed by atoms with Gasteiger partial charge in [0.15, 0.2) is 5.96 Å². The lowest BCUT2D eigenvalue weighted by atomic mass is 10.0. The second-order valence-corrected chi connectivity index (χ2v) is 8.58. The van der Waals surface area contributed by atoms with Gasteiger partial charge >= 0.3 is 5.97 Å². The van der Waals surface area contributed by atoms with Crippen molar-refractivity contribution in [3.8, 4) is 0 Å². The Balaban J connectivity index is 2.11. The molecule has 12 heteroatoms. The SMILES string of the molecule is C[C@H](N)C(=O)N[C@@H](CCCN=C(N)N)C(=O)N1CCC[C@H]1C(=O)N[C@@H](Cc1ccccc1)C(=O)O. The third kappa shape index (κ3) is 8.56. The number of carboxylic acid groups (broad SMARTS) is 1. The van der Waals surface area contributed by atoms with Gasteiger partial charge in [0.25, 0.3) is 0 Å². The number of carbonyl (C=O) groups excluding carboxylic acids is 3. The Labute approximate surface area is 204 Å². The lowest BCUT2D eigenvalue weighted by Crippen LogP contribution is -2.56. The van der Waals surface area contributed by atoms with Gasteiger partial charge in [-0.2, -0.15) is 0 Å². The Morgan fingerprint density at radius 3 is 2.43 bits per heavy atom. The molecule has 0 spiro atoms. The first-order chi connectivity index (χ1) is 16.6. The second kappa shape index (κ2) is 13.3. The summed E-state index contributed by atoms with van der Waals surface area (Å²) in [5, 5.41) is 14.8. The normalized spacial score (nSPS) is 17.7. The highest BCUT2D eigenvalue weighted by Gasteiger charge is 2.38. The van der Waals surface area contributed by atoms with Crippen molar-refractivity contribution >= 4 is 29.7 Å². The zero-order valence-electron chi connectivity index (χ0n) is 19.9. The number of nitrogens with two attached hydrogens (primary N) is 3. The van der Waals surface area contributed by atoms with E-state index < -0.39 is 47.9 Å². The van der Waals surface area contributed by atoms with Crippen LogP contribution in [0.4, 0.5) is 0 Å². The summed E-state index contributed by atoms with van der Waals surface area (Å²) in [4.78, 5) is 55.6. The summed E-state index contributed by atoms with van der Waals surface area (Å²) in [6.07, 6.45) is 1.72. The number of benzene rings is 1. The van der Waals surface area contributed by atoms with Gasteiger partial charge in [-0.25, -0.2) is 4.79 Å². The average molecular weight is 490 g/mol. The minimum absolute atomic E-state index is 0.0766. The van der Waals surface area contributed by atoms with Crippen molar-refractivity contribution in [2.45, 2.75) is 63.2 Å². The first-order valence-electron chi connectivity index (χ1n) is 11.6. The molecule has 0 radical (unpaired) electrons. The van der Waals surface area contributed by atoms with Crippen LogP contribution >= 0.6 is 0 Å². The molecule has 35 heavy (non-hydrogen) atoms. The summed E-state index contributed by atoms with van der Waals surface area (Å²) in [6.45, 7) is 2.08. The number of amides is 3. The van der Waals surface area contributed by atoms with Crippen LogP contribution in [0.5, 0.6) is 0 Å². The number of nitrogens with one attached hydrogen (secondary N) is 2. The number of aliphatic imine (C=N–C) groups is 1. The number of hydrogen-bond acceptors (Lipinski definition) is 6. The first-order valence-corrected chi connectivity index (χ1v) is 11.6. The maximum absolute atomic E-state index is 13.3. The highest BCUT2D eigenvalue weighted by Crippen LogP contribution is 2.20. The Morgan fingerprint density at radius 2 is 1.83 bits per heavy atom. The summed E-state index contributed by atoms with van der Waals surface area (Å²) in [7, 11) is 0. The fourth-order valence-corrected chi connectivity index (χ4v) is 3.89. The third-order valence-corrected chi connectivity index (χ3v) is 5.71. The van der Waals surface area contributed by atoms with Crippen LogP contribution in [0.1, 0.15) is 38.2 Å². The van der Waals surface area contributed by atoms with E-state index in [9.17, 15) is 24.3 Å². The molecule has 1 saturated heterocycles. The molecule has 9 N–H and O–H groups in total. The number of rotatable bonds is 12. The van der Waals surface area contributed by atoms with Crippen molar-refractivity contribution in [2.24, 2.45) is 22.2 Å². The van der Waals surface area contributed by atoms with Gasteiger partial charge in [-0.3, -0.25) is 19.4 Å². The molecule has 0 bridgehead atoms. The smallest absolute Gasteiger partial charge is 0.326 e. The number of carboxylic acids is 1. The van der Waals surface area contributed by atoms with Crippen LogP contribution in [0.25, 0.3) is 0 Å². The summed E-state index contributed by atoms with van der Waals surface area (Å²) in [5.41, 5.74) is 17.1. The van der Waals surface area contributed by atoms with Gasteiger partial charge in [0.05, 0.1) is 6.04 Å². The Morgan fingerprint density at radius 1 is 1.14 bits per heavy atom. The van der Waals surface area contributed by atoms with E-state index in [1.165, 1.54) is 11.8 Å². The molecule has 1 fully saturated rings. The topological polar surface area (TPSA) is 206 Å². The van der Waals surface area contributed by atoms with Crippen LogP contribution in [0.15, 0.2) is 35.3 Å². The van der Waals surface area contributed by atoms with Crippen molar-refractivity contribution in [1.82, 2.24) is 15.5 Å². The number of guanidine groups is 1. The number of aliphatic carboxylic acids is 1. The van der Waals surface area contributed by atoms with Crippen LogP contribution in [-0.4, -0.2) is 76.9 Å². The van der Waals surface area contributed by atoms with E-state index in [1.807, 2.05) is 6.07 Å². The fraction of sp³-hybridized carbons (Fsp3) is 0.522. The molecule has 0 unspecified atom stereocenters. The van der Waals surface area contributed by atoms with Gasteiger partial charge in [0, 0.05) is 19.5 Å². The maximum atomic E-state index is 13.3. The molecule has 1 aliphatic heterocycles. The zero-order valence-corrected chi connectivity index (χ0v) is 19.9. The number of likely N-dealkylation sites (tertiary alicyclic amines) is 1. The maximum Gasteiger partial charge on any atom is 0.326 e. The molecule has 0 aliphatic carbocycles. The summed E-state index contributed by atoms with van der Waals surface area (Å²) < 4.78 is 0. The monoisotopic (exact) mass is 489 g/mol. The lowest BCUT2D eigenvalue weighted by molar-refractivity contribution is -0.145. The number of hydrogen-bond donors (Lipinski definition) is 6. The standard InChI is InChI=1S/C23H35N7O5/c1-14(24)19(31)28-16(9-5-11-27-23(25)26)21(33)30-12-6-10-18(30)20(32)29-17(22(34)35)13-15-7-3-2-4-8-15/h2-4,7-8,14,16-18H,5-6,9-13,24H2,1H3,(H,28,31)(H,29,32)(H,34,35)(H4,25,26,27)/t14-,16-,17-,18-/m0/s1. The van der Waals surface area contributed by atoms with Crippen LogP contribution < -0.4 is 27.8 Å². The third-order valence-electron chi connectivity index (χ3n) is 5.71. The van der Waals surface area contributed by atoms with E-state index in [1.54, 1.807) is 24.3 Å². The molecule has 0 saturated carbocycles. The van der Waals surface area contributed by atoms with Gasteiger partial charge in [-0.1, -0.05) is 30.3 Å². The van der Waals surface area contributed by atoms with E-state index in [-0.39, 0.29) is 25.3 Å². The van der Waals surface area contributed by atoms with Gasteiger partial charge in [-0.05, 0) is 38.2 Å². The van der Waals surface area contributed by atoms with Crippen molar-refractivity contribution in [3.05, 3.63) is 35.9 Å². The van der Waals surface area contributed by atoms with Crippen LogP contribution in [0.3, 0.4) is 0 Å². The van der Waals surface area contributed by atoms with E-state index in [0.29, 0.717) is 25.8 Å². The van der Waals surface area contributed by atoms with E-state index >= 15 is 0 Å². The molecule has 1 aromatic rings. The van der Waals surface area contributed by atoms with Crippen molar-refractivity contribution in [1.29, 1.82) is 0 Å². The molecule has 12 nitrogen and oxygen atoms in total. The molecule has 1 heterocycles. The summed E-state index contributed by atoms with van der Waals surface area (Å²) >= 11 is 0. The summed E-state index contributed by atoms with van der Waals surface area (Å²) in [5.74, 6) is -2.72. The van der Waals surface area contributed by atoms with Gasteiger partial charge in [0.2, 0.25) is 17.7 Å². The van der Waals surface area contributed by atoms with Crippen molar-refractivity contribution < 1.29 is 24.3 Å².